The summed E-state index contributed by atoms with van der Waals surface area (Å²) in [6, 6.07) is 5.81. The Morgan fingerprint density at radius 1 is 1.12 bits per heavy atom. The standard InChI is InChI=1S/C25H39N3O4S/c1-5-15-33(31,32)27-17-23(29)28(22-14-13-19(2)16-20(22)3)25(4,18-27)24(30)26-21-11-9-7-6-8-10-12-21/h13-14,16,21H,5-12,15,17-18H2,1-4H3,(H,26,30)/t25-/m0/s1. The van der Waals surface area contributed by atoms with Gasteiger partial charge in [0, 0.05) is 18.3 Å². The predicted octanol–water partition coefficient (Wildman–Crippen LogP) is 3.68. The van der Waals surface area contributed by atoms with Crippen molar-refractivity contribution < 1.29 is 18.0 Å². The van der Waals surface area contributed by atoms with Crippen LogP contribution < -0.4 is 10.2 Å². The first kappa shape index (κ1) is 25.7. The average molecular weight is 478 g/mol. The second-order valence-electron chi connectivity index (χ2n) is 9.89. The number of hydrogen-bond donors (Lipinski definition) is 1. The Kier molecular flexibility index (Phi) is 8.22. The van der Waals surface area contributed by atoms with E-state index in [4.69, 9.17) is 0 Å². The number of hydrogen-bond acceptors (Lipinski definition) is 4. The largest absolute Gasteiger partial charge is 0.351 e. The number of benzene rings is 1. The highest BCUT2D eigenvalue weighted by atomic mass is 32.2. The summed E-state index contributed by atoms with van der Waals surface area (Å²) in [6.45, 7) is 7.11. The van der Waals surface area contributed by atoms with Crippen LogP contribution in [0.2, 0.25) is 0 Å². The van der Waals surface area contributed by atoms with E-state index in [1.165, 1.54) is 28.5 Å². The fourth-order valence-corrected chi connectivity index (χ4v) is 6.65. The summed E-state index contributed by atoms with van der Waals surface area (Å²) in [5.41, 5.74) is 1.28. The molecule has 1 atom stereocenters. The number of carbonyl (C=O) groups is 2. The number of aryl methyl sites for hydroxylation is 2. The van der Waals surface area contributed by atoms with E-state index in [2.05, 4.69) is 5.32 Å². The maximum Gasteiger partial charge on any atom is 0.247 e. The van der Waals surface area contributed by atoms with Gasteiger partial charge < -0.3 is 5.32 Å². The SMILES string of the molecule is CCCS(=O)(=O)N1CC(=O)N(c2ccc(C)cc2C)[C@](C)(C(=O)NC2CCCCCCC2)C1. The molecule has 0 radical (unpaired) electrons. The van der Waals surface area contributed by atoms with Crippen molar-refractivity contribution in [1.82, 2.24) is 9.62 Å². The van der Waals surface area contributed by atoms with Gasteiger partial charge in [-0.1, -0.05) is 56.7 Å². The minimum Gasteiger partial charge on any atom is -0.351 e. The number of amides is 2. The number of carbonyl (C=O) groups excluding carboxylic acids is 2. The molecule has 1 N–H and O–H groups in total. The monoisotopic (exact) mass is 477 g/mol. The minimum absolute atomic E-state index is 0.0375. The summed E-state index contributed by atoms with van der Waals surface area (Å²) < 4.78 is 27.0. The van der Waals surface area contributed by atoms with Gasteiger partial charge in [0.2, 0.25) is 21.8 Å². The molecule has 8 heteroatoms. The quantitative estimate of drug-likeness (QED) is 0.677. The lowest BCUT2D eigenvalue weighted by molar-refractivity contribution is -0.133. The Bertz CT molecular complexity index is 970. The topological polar surface area (TPSA) is 86.8 Å². The molecule has 0 spiro atoms. The fraction of sp³-hybridized carbons (Fsp3) is 0.680. The molecule has 7 nitrogen and oxygen atoms in total. The first-order valence-corrected chi connectivity index (χ1v) is 13.9. The highest BCUT2D eigenvalue weighted by molar-refractivity contribution is 7.89. The molecule has 1 aliphatic carbocycles. The van der Waals surface area contributed by atoms with Crippen LogP contribution in [0, 0.1) is 13.8 Å². The third-order valence-electron chi connectivity index (χ3n) is 6.92. The number of anilines is 1. The first-order valence-electron chi connectivity index (χ1n) is 12.3. The highest BCUT2D eigenvalue weighted by Gasteiger charge is 2.51. The number of sulfonamides is 1. The molecule has 1 aromatic carbocycles. The van der Waals surface area contributed by atoms with E-state index in [1.807, 2.05) is 32.0 Å². The lowest BCUT2D eigenvalue weighted by atomic mass is 9.91. The van der Waals surface area contributed by atoms with Crippen molar-refractivity contribution in [1.29, 1.82) is 0 Å². The van der Waals surface area contributed by atoms with E-state index in [0.717, 1.165) is 36.8 Å². The normalized spacial score (nSPS) is 23.8. The van der Waals surface area contributed by atoms with E-state index in [-0.39, 0.29) is 36.7 Å². The van der Waals surface area contributed by atoms with Gasteiger partial charge in [-0.05, 0) is 51.7 Å². The van der Waals surface area contributed by atoms with Crippen LogP contribution in [0.15, 0.2) is 18.2 Å². The molecule has 0 bridgehead atoms. The summed E-state index contributed by atoms with van der Waals surface area (Å²) >= 11 is 0. The van der Waals surface area contributed by atoms with Crippen LogP contribution in [0.5, 0.6) is 0 Å². The Hall–Kier alpha value is -1.93. The van der Waals surface area contributed by atoms with Crippen molar-refractivity contribution in [3.05, 3.63) is 29.3 Å². The lowest BCUT2D eigenvalue weighted by Crippen LogP contribution is -2.71. The first-order chi connectivity index (χ1) is 15.6. The zero-order valence-corrected chi connectivity index (χ0v) is 21.3. The van der Waals surface area contributed by atoms with Gasteiger partial charge >= 0.3 is 0 Å². The van der Waals surface area contributed by atoms with E-state index in [1.54, 1.807) is 13.8 Å². The number of nitrogens with one attached hydrogen (secondary N) is 1. The number of nitrogens with zero attached hydrogens (tertiary/aromatic N) is 2. The van der Waals surface area contributed by atoms with Crippen LogP contribution in [-0.2, 0) is 19.6 Å². The summed E-state index contributed by atoms with van der Waals surface area (Å²) in [4.78, 5) is 28.8. The molecule has 1 saturated carbocycles. The molecule has 0 aromatic heterocycles. The van der Waals surface area contributed by atoms with Gasteiger partial charge in [0.05, 0.1) is 12.3 Å². The van der Waals surface area contributed by atoms with Crippen molar-refractivity contribution in [3.8, 4) is 0 Å². The van der Waals surface area contributed by atoms with Gasteiger partial charge in [0.1, 0.15) is 5.54 Å². The van der Waals surface area contributed by atoms with Crippen LogP contribution in [0.25, 0.3) is 0 Å². The summed E-state index contributed by atoms with van der Waals surface area (Å²) in [5.74, 6) is -0.689. The second-order valence-corrected chi connectivity index (χ2v) is 12.0. The molecule has 1 saturated heterocycles. The average Bonchev–Trinajstić information content (AvgIpc) is 2.70. The molecule has 3 rings (SSSR count). The van der Waals surface area contributed by atoms with E-state index >= 15 is 0 Å². The van der Waals surface area contributed by atoms with Gasteiger partial charge in [-0.2, -0.15) is 4.31 Å². The summed E-state index contributed by atoms with van der Waals surface area (Å²) in [6.07, 6.45) is 7.99. The lowest BCUT2D eigenvalue weighted by Gasteiger charge is -2.47. The zero-order valence-electron chi connectivity index (χ0n) is 20.5. The maximum absolute atomic E-state index is 13.8. The van der Waals surface area contributed by atoms with Gasteiger partial charge in [0.15, 0.2) is 0 Å². The molecule has 1 heterocycles. The van der Waals surface area contributed by atoms with Gasteiger partial charge in [0.25, 0.3) is 0 Å². The predicted molar refractivity (Wildman–Crippen MR) is 132 cm³/mol. The Labute approximate surface area is 199 Å². The van der Waals surface area contributed by atoms with Crippen molar-refractivity contribution in [2.45, 2.75) is 90.6 Å². The van der Waals surface area contributed by atoms with Crippen molar-refractivity contribution >= 4 is 27.5 Å². The van der Waals surface area contributed by atoms with Crippen LogP contribution in [-0.4, -0.2) is 55.0 Å². The fourth-order valence-electron chi connectivity index (χ4n) is 5.12. The minimum atomic E-state index is -3.63. The molecule has 2 amide bonds. The molecular formula is C25H39N3O4S. The molecule has 2 aliphatic rings. The van der Waals surface area contributed by atoms with Crippen LogP contribution in [0.4, 0.5) is 5.69 Å². The maximum atomic E-state index is 13.8. The van der Waals surface area contributed by atoms with E-state index in [9.17, 15) is 18.0 Å². The van der Waals surface area contributed by atoms with Crippen LogP contribution >= 0.6 is 0 Å². The van der Waals surface area contributed by atoms with Crippen molar-refractivity contribution in [2.75, 3.05) is 23.7 Å². The molecule has 2 fully saturated rings. The number of piperazine rings is 1. The van der Waals surface area contributed by atoms with Gasteiger partial charge in [-0.3, -0.25) is 14.5 Å². The molecule has 1 aromatic rings. The smallest absolute Gasteiger partial charge is 0.247 e. The molecule has 0 unspecified atom stereocenters. The summed E-state index contributed by atoms with van der Waals surface area (Å²) in [5, 5.41) is 3.20. The Morgan fingerprint density at radius 2 is 1.76 bits per heavy atom. The third-order valence-corrected chi connectivity index (χ3v) is 8.89. The molecular weight excluding hydrogens is 438 g/mol. The van der Waals surface area contributed by atoms with Crippen molar-refractivity contribution in [2.24, 2.45) is 0 Å². The van der Waals surface area contributed by atoms with E-state index in [0.29, 0.717) is 12.1 Å². The van der Waals surface area contributed by atoms with Gasteiger partial charge in [-0.25, -0.2) is 8.42 Å². The third kappa shape index (κ3) is 5.77. The molecule has 184 valence electrons. The van der Waals surface area contributed by atoms with Gasteiger partial charge in [-0.15, -0.1) is 0 Å². The van der Waals surface area contributed by atoms with Crippen LogP contribution in [0.3, 0.4) is 0 Å². The number of rotatable bonds is 6. The van der Waals surface area contributed by atoms with Crippen molar-refractivity contribution in [3.63, 3.8) is 0 Å². The van der Waals surface area contributed by atoms with E-state index < -0.39 is 15.6 Å². The zero-order chi connectivity index (χ0) is 24.2. The second kappa shape index (κ2) is 10.6. The molecule has 33 heavy (non-hydrogen) atoms. The summed E-state index contributed by atoms with van der Waals surface area (Å²) in [7, 11) is -3.63. The Morgan fingerprint density at radius 3 is 2.36 bits per heavy atom. The van der Waals surface area contributed by atoms with Crippen LogP contribution in [0.1, 0.15) is 76.3 Å². The Balaban J connectivity index is 1.98. The highest BCUT2D eigenvalue weighted by Crippen LogP contribution is 2.34. The molecule has 1 aliphatic heterocycles.